The molecule has 0 saturated heterocycles. The molecule has 0 unspecified atom stereocenters. The van der Waals surface area contributed by atoms with Gasteiger partial charge in [0.05, 0.1) is 6.20 Å². The number of hydrogen-bond acceptors (Lipinski definition) is 4. The maximum absolute atomic E-state index is 7.26. The van der Waals surface area contributed by atoms with E-state index >= 15 is 0 Å². The van der Waals surface area contributed by atoms with Crippen LogP contribution in [0.2, 0.25) is 0 Å². The zero-order chi connectivity index (χ0) is 11.4. The molecule has 0 spiro atoms. The number of hydrogen-bond donors (Lipinski definition) is 2. The summed E-state index contributed by atoms with van der Waals surface area (Å²) in [5.74, 6) is 1.12. The summed E-state index contributed by atoms with van der Waals surface area (Å²) >= 11 is 0. The number of nitrogen functional groups attached to an aromatic ring is 1. The van der Waals surface area contributed by atoms with Crippen molar-refractivity contribution in [2.75, 3.05) is 0 Å². The Kier molecular flexibility index (Phi) is 2.77. The molecule has 0 aromatic carbocycles. The lowest BCUT2D eigenvalue weighted by molar-refractivity contribution is 0.479. The van der Waals surface area contributed by atoms with E-state index in [0.29, 0.717) is 17.2 Å². The molecular weight excluding hydrogens is 204 g/mol. The Hall–Kier alpha value is -2.43. The fourth-order valence-electron chi connectivity index (χ4n) is 1.17. The highest BCUT2D eigenvalue weighted by molar-refractivity contribution is 5.93. The van der Waals surface area contributed by atoms with Crippen LogP contribution in [0.15, 0.2) is 42.9 Å². The van der Waals surface area contributed by atoms with Crippen molar-refractivity contribution >= 4 is 5.84 Å². The van der Waals surface area contributed by atoms with E-state index in [2.05, 4.69) is 9.97 Å². The summed E-state index contributed by atoms with van der Waals surface area (Å²) < 4.78 is 5.51. The van der Waals surface area contributed by atoms with E-state index in [4.69, 9.17) is 15.9 Å². The van der Waals surface area contributed by atoms with Gasteiger partial charge >= 0.3 is 0 Å². The Morgan fingerprint density at radius 3 is 2.81 bits per heavy atom. The molecule has 0 radical (unpaired) electrons. The second kappa shape index (κ2) is 4.39. The summed E-state index contributed by atoms with van der Waals surface area (Å²) in [6, 6.07) is 6.87. The van der Waals surface area contributed by atoms with Crippen LogP contribution < -0.4 is 10.5 Å². The van der Waals surface area contributed by atoms with Crippen LogP contribution in [0.4, 0.5) is 0 Å². The van der Waals surface area contributed by atoms with E-state index in [1.54, 1.807) is 42.9 Å². The summed E-state index contributed by atoms with van der Waals surface area (Å²) in [6.45, 7) is 0. The van der Waals surface area contributed by atoms with E-state index in [1.807, 2.05) is 0 Å². The smallest absolute Gasteiger partial charge is 0.145 e. The van der Waals surface area contributed by atoms with E-state index < -0.39 is 0 Å². The molecule has 5 nitrogen and oxygen atoms in total. The Morgan fingerprint density at radius 1 is 1.25 bits per heavy atom. The van der Waals surface area contributed by atoms with Gasteiger partial charge < -0.3 is 10.5 Å². The Bertz CT molecular complexity index is 498. The number of aromatic nitrogens is 2. The molecule has 5 heteroatoms. The number of nitrogens with two attached hydrogens (primary N) is 1. The van der Waals surface area contributed by atoms with Crippen LogP contribution in [0.25, 0.3) is 0 Å². The van der Waals surface area contributed by atoms with E-state index in [1.165, 1.54) is 0 Å². The van der Waals surface area contributed by atoms with Crippen LogP contribution in [-0.4, -0.2) is 15.8 Å². The second-order valence-corrected chi connectivity index (χ2v) is 3.08. The molecule has 16 heavy (non-hydrogen) atoms. The minimum absolute atomic E-state index is 0.0864. The Balaban J connectivity index is 2.22. The van der Waals surface area contributed by atoms with Gasteiger partial charge in [0.2, 0.25) is 0 Å². The number of nitrogens with zero attached hydrogens (tertiary/aromatic N) is 2. The number of nitrogens with one attached hydrogen (secondary N) is 1. The first-order valence-corrected chi connectivity index (χ1v) is 4.64. The molecule has 0 atom stereocenters. The Labute approximate surface area is 92.4 Å². The van der Waals surface area contributed by atoms with Crippen molar-refractivity contribution in [3.8, 4) is 11.5 Å². The van der Waals surface area contributed by atoms with Gasteiger partial charge in [-0.3, -0.25) is 15.4 Å². The van der Waals surface area contributed by atoms with E-state index in [9.17, 15) is 0 Å². The first-order chi connectivity index (χ1) is 7.75. The molecule has 0 aliphatic rings. The molecule has 0 bridgehead atoms. The summed E-state index contributed by atoms with van der Waals surface area (Å²) in [4.78, 5) is 7.87. The molecule has 0 saturated carbocycles. The third kappa shape index (κ3) is 2.33. The van der Waals surface area contributed by atoms with Gasteiger partial charge in [0.15, 0.2) is 0 Å². The van der Waals surface area contributed by atoms with Crippen molar-refractivity contribution < 1.29 is 4.74 Å². The molecular formula is C11H10N4O. The van der Waals surface area contributed by atoms with Crippen molar-refractivity contribution in [2.24, 2.45) is 5.73 Å². The second-order valence-electron chi connectivity index (χ2n) is 3.08. The maximum Gasteiger partial charge on any atom is 0.145 e. The minimum Gasteiger partial charge on any atom is -0.456 e. The average Bonchev–Trinajstić information content (AvgIpc) is 2.30. The molecule has 0 aliphatic heterocycles. The van der Waals surface area contributed by atoms with Gasteiger partial charge in [-0.1, -0.05) is 0 Å². The molecule has 0 amide bonds. The normalized spacial score (nSPS) is 9.75. The molecule has 80 valence electrons. The van der Waals surface area contributed by atoms with Crippen LogP contribution in [0.5, 0.6) is 11.5 Å². The van der Waals surface area contributed by atoms with Crippen LogP contribution in [-0.2, 0) is 0 Å². The van der Waals surface area contributed by atoms with Crippen molar-refractivity contribution in [2.45, 2.75) is 0 Å². The lowest BCUT2D eigenvalue weighted by Gasteiger charge is -2.05. The standard InChI is InChI=1S/C11H10N4O/c12-11(13)10-6-8(3-5-15-10)16-9-2-1-4-14-7-9/h1-7H,(H3,12,13). The van der Waals surface area contributed by atoms with Gasteiger partial charge in [0.1, 0.15) is 23.0 Å². The molecule has 0 aliphatic carbocycles. The van der Waals surface area contributed by atoms with E-state index in [0.717, 1.165) is 0 Å². The van der Waals surface area contributed by atoms with Gasteiger partial charge in [0.25, 0.3) is 0 Å². The number of rotatable bonds is 3. The monoisotopic (exact) mass is 214 g/mol. The van der Waals surface area contributed by atoms with Gasteiger partial charge in [-0.2, -0.15) is 0 Å². The average molecular weight is 214 g/mol. The molecule has 0 fully saturated rings. The number of ether oxygens (including phenoxy) is 1. The molecule has 2 heterocycles. The van der Waals surface area contributed by atoms with Gasteiger partial charge in [0, 0.05) is 18.5 Å². The zero-order valence-corrected chi connectivity index (χ0v) is 8.42. The SMILES string of the molecule is N=C(N)c1cc(Oc2cccnc2)ccn1. The number of amidine groups is 1. The third-order valence-corrected chi connectivity index (χ3v) is 1.88. The maximum atomic E-state index is 7.26. The topological polar surface area (TPSA) is 84.9 Å². The van der Waals surface area contributed by atoms with Crippen molar-refractivity contribution in [1.29, 1.82) is 5.41 Å². The number of pyridine rings is 2. The van der Waals surface area contributed by atoms with Crippen LogP contribution in [0.1, 0.15) is 5.69 Å². The van der Waals surface area contributed by atoms with Gasteiger partial charge in [-0.05, 0) is 18.2 Å². The largest absolute Gasteiger partial charge is 0.456 e. The lowest BCUT2D eigenvalue weighted by Crippen LogP contribution is -2.12. The summed E-state index contributed by atoms with van der Waals surface area (Å²) in [5, 5.41) is 7.26. The summed E-state index contributed by atoms with van der Waals surface area (Å²) in [5.41, 5.74) is 5.72. The minimum atomic E-state index is -0.0864. The highest BCUT2D eigenvalue weighted by atomic mass is 16.5. The molecule has 2 rings (SSSR count). The van der Waals surface area contributed by atoms with Crippen molar-refractivity contribution in [3.05, 3.63) is 48.5 Å². The Morgan fingerprint density at radius 2 is 2.12 bits per heavy atom. The van der Waals surface area contributed by atoms with Gasteiger partial charge in [-0.25, -0.2) is 0 Å². The third-order valence-electron chi connectivity index (χ3n) is 1.88. The zero-order valence-electron chi connectivity index (χ0n) is 8.42. The fraction of sp³-hybridized carbons (Fsp3) is 0. The first-order valence-electron chi connectivity index (χ1n) is 4.64. The molecule has 2 aromatic rings. The van der Waals surface area contributed by atoms with Crippen molar-refractivity contribution in [3.63, 3.8) is 0 Å². The molecule has 3 N–H and O–H groups in total. The van der Waals surface area contributed by atoms with Gasteiger partial charge in [-0.15, -0.1) is 0 Å². The summed E-state index contributed by atoms with van der Waals surface area (Å²) in [6.07, 6.45) is 4.82. The highest BCUT2D eigenvalue weighted by Crippen LogP contribution is 2.19. The summed E-state index contributed by atoms with van der Waals surface area (Å²) in [7, 11) is 0. The first kappa shape index (κ1) is 10.1. The fourth-order valence-corrected chi connectivity index (χ4v) is 1.17. The molecule has 2 aromatic heterocycles. The lowest BCUT2D eigenvalue weighted by atomic mass is 10.3. The van der Waals surface area contributed by atoms with Crippen LogP contribution in [0.3, 0.4) is 0 Å². The highest BCUT2D eigenvalue weighted by Gasteiger charge is 2.01. The van der Waals surface area contributed by atoms with Crippen molar-refractivity contribution in [1.82, 2.24) is 9.97 Å². The predicted molar refractivity (Wildman–Crippen MR) is 59.6 cm³/mol. The van der Waals surface area contributed by atoms with E-state index in [-0.39, 0.29) is 5.84 Å². The van der Waals surface area contributed by atoms with Crippen LogP contribution >= 0.6 is 0 Å². The van der Waals surface area contributed by atoms with Crippen LogP contribution in [0, 0.1) is 5.41 Å². The predicted octanol–water partition coefficient (Wildman–Crippen LogP) is 1.55. The quantitative estimate of drug-likeness (QED) is 0.599.